The number of benzene rings is 1. The minimum atomic E-state index is 0.382. The molecule has 4 heteroatoms. The molecular weight excluding hydrogens is 260 g/mol. The number of para-hydroxylation sites is 1. The van der Waals surface area contributed by atoms with Gasteiger partial charge in [0.05, 0.1) is 5.52 Å². The molecule has 114 valence electrons. The summed E-state index contributed by atoms with van der Waals surface area (Å²) < 4.78 is 0. The minimum absolute atomic E-state index is 0.382. The first-order valence-electron chi connectivity index (χ1n) is 7.92. The van der Waals surface area contributed by atoms with E-state index in [-0.39, 0.29) is 0 Å². The molecule has 0 bridgehead atoms. The average Bonchev–Trinajstić information content (AvgIpc) is 2.52. The Hall–Kier alpha value is -1.84. The van der Waals surface area contributed by atoms with E-state index in [1.807, 2.05) is 18.2 Å². The number of anilines is 2. The third kappa shape index (κ3) is 3.84. The number of fused-ring (bicyclic) bond motifs is 1. The predicted octanol–water partition coefficient (Wildman–Crippen LogP) is 4.30. The fraction of sp³-hybridized carbons (Fsp3) is 0.529. The number of aromatic nitrogens is 2. The summed E-state index contributed by atoms with van der Waals surface area (Å²) in [6.45, 7) is 9.72. The molecule has 0 amide bonds. The molecule has 21 heavy (non-hydrogen) atoms. The molecule has 0 fully saturated rings. The van der Waals surface area contributed by atoms with E-state index in [0.717, 1.165) is 36.1 Å². The van der Waals surface area contributed by atoms with E-state index in [4.69, 9.17) is 0 Å². The second-order valence-electron chi connectivity index (χ2n) is 5.66. The predicted molar refractivity (Wildman–Crippen MR) is 90.9 cm³/mol. The van der Waals surface area contributed by atoms with Crippen molar-refractivity contribution in [2.45, 2.75) is 46.6 Å². The molecule has 1 aromatic heterocycles. The van der Waals surface area contributed by atoms with Crippen molar-refractivity contribution in [1.29, 1.82) is 0 Å². The monoisotopic (exact) mass is 286 g/mol. The SMILES string of the molecule is CCCNc1nc(NC(C)C(C)CC)c2ccccc2n1. The van der Waals surface area contributed by atoms with Gasteiger partial charge in [-0.05, 0) is 31.4 Å². The van der Waals surface area contributed by atoms with E-state index in [9.17, 15) is 0 Å². The summed E-state index contributed by atoms with van der Waals surface area (Å²) in [5.74, 6) is 2.23. The van der Waals surface area contributed by atoms with Crippen LogP contribution in [0.15, 0.2) is 24.3 Å². The molecule has 2 unspecified atom stereocenters. The molecule has 1 aromatic carbocycles. The van der Waals surface area contributed by atoms with E-state index in [2.05, 4.69) is 54.4 Å². The third-order valence-electron chi connectivity index (χ3n) is 4.00. The maximum atomic E-state index is 4.66. The molecule has 0 saturated carbocycles. The zero-order valence-corrected chi connectivity index (χ0v) is 13.5. The molecule has 2 atom stereocenters. The molecule has 2 aromatic rings. The van der Waals surface area contributed by atoms with Crippen LogP contribution in [-0.2, 0) is 0 Å². The summed E-state index contributed by atoms with van der Waals surface area (Å²) >= 11 is 0. The lowest BCUT2D eigenvalue weighted by Crippen LogP contribution is -2.24. The van der Waals surface area contributed by atoms with E-state index in [0.29, 0.717) is 17.9 Å². The van der Waals surface area contributed by atoms with Crippen LogP contribution >= 0.6 is 0 Å². The summed E-state index contributed by atoms with van der Waals surface area (Å²) in [6.07, 6.45) is 2.21. The molecule has 4 nitrogen and oxygen atoms in total. The Morgan fingerprint density at radius 2 is 1.86 bits per heavy atom. The number of rotatable bonds is 7. The van der Waals surface area contributed by atoms with Gasteiger partial charge in [0.2, 0.25) is 5.95 Å². The van der Waals surface area contributed by atoms with Crippen LogP contribution in [0.2, 0.25) is 0 Å². The fourth-order valence-corrected chi connectivity index (χ4v) is 2.21. The Balaban J connectivity index is 2.34. The lowest BCUT2D eigenvalue weighted by Gasteiger charge is -2.21. The zero-order chi connectivity index (χ0) is 15.2. The van der Waals surface area contributed by atoms with Crippen LogP contribution in [0.3, 0.4) is 0 Å². The van der Waals surface area contributed by atoms with Gasteiger partial charge in [0, 0.05) is 18.0 Å². The number of nitrogens with one attached hydrogen (secondary N) is 2. The van der Waals surface area contributed by atoms with Gasteiger partial charge in [-0.2, -0.15) is 4.98 Å². The van der Waals surface area contributed by atoms with Crippen molar-refractivity contribution in [1.82, 2.24) is 9.97 Å². The van der Waals surface area contributed by atoms with Crippen LogP contribution < -0.4 is 10.6 Å². The van der Waals surface area contributed by atoms with Crippen molar-refractivity contribution in [3.05, 3.63) is 24.3 Å². The molecule has 0 aliphatic rings. The third-order valence-corrected chi connectivity index (χ3v) is 4.00. The van der Waals surface area contributed by atoms with E-state index < -0.39 is 0 Å². The molecule has 0 saturated heterocycles. The second-order valence-corrected chi connectivity index (χ2v) is 5.66. The summed E-state index contributed by atoms with van der Waals surface area (Å²) in [5.41, 5.74) is 0.977. The summed E-state index contributed by atoms with van der Waals surface area (Å²) in [4.78, 5) is 9.25. The van der Waals surface area contributed by atoms with Crippen molar-refractivity contribution >= 4 is 22.7 Å². The highest BCUT2D eigenvalue weighted by atomic mass is 15.1. The first-order valence-corrected chi connectivity index (χ1v) is 7.92. The van der Waals surface area contributed by atoms with Gasteiger partial charge >= 0.3 is 0 Å². The maximum Gasteiger partial charge on any atom is 0.225 e. The number of nitrogens with zero attached hydrogens (tertiary/aromatic N) is 2. The Kier molecular flexibility index (Phi) is 5.37. The van der Waals surface area contributed by atoms with Crippen LogP contribution in [0.5, 0.6) is 0 Å². The number of hydrogen-bond donors (Lipinski definition) is 2. The molecular formula is C17H26N4. The van der Waals surface area contributed by atoms with Gasteiger partial charge in [-0.1, -0.05) is 39.3 Å². The smallest absolute Gasteiger partial charge is 0.225 e. The van der Waals surface area contributed by atoms with Gasteiger partial charge in [-0.3, -0.25) is 0 Å². The molecule has 0 aliphatic carbocycles. The minimum Gasteiger partial charge on any atom is -0.367 e. The van der Waals surface area contributed by atoms with Crippen LogP contribution in [0.25, 0.3) is 10.9 Å². The highest BCUT2D eigenvalue weighted by Gasteiger charge is 2.13. The Labute approximate surface area is 127 Å². The van der Waals surface area contributed by atoms with Crippen molar-refractivity contribution in [3.63, 3.8) is 0 Å². The molecule has 0 spiro atoms. The van der Waals surface area contributed by atoms with E-state index in [1.165, 1.54) is 0 Å². The van der Waals surface area contributed by atoms with Crippen LogP contribution in [0.1, 0.15) is 40.5 Å². The first-order chi connectivity index (χ1) is 10.2. The molecule has 1 heterocycles. The lowest BCUT2D eigenvalue weighted by atomic mass is 10.0. The van der Waals surface area contributed by atoms with Crippen LogP contribution in [0.4, 0.5) is 11.8 Å². The fourth-order valence-electron chi connectivity index (χ4n) is 2.21. The van der Waals surface area contributed by atoms with E-state index in [1.54, 1.807) is 0 Å². The highest BCUT2D eigenvalue weighted by Crippen LogP contribution is 2.24. The number of hydrogen-bond acceptors (Lipinski definition) is 4. The summed E-state index contributed by atoms with van der Waals surface area (Å²) in [5, 5.41) is 7.92. The van der Waals surface area contributed by atoms with Gasteiger partial charge < -0.3 is 10.6 Å². The topological polar surface area (TPSA) is 49.8 Å². The molecule has 0 radical (unpaired) electrons. The molecule has 2 rings (SSSR count). The van der Waals surface area contributed by atoms with Gasteiger partial charge in [-0.25, -0.2) is 4.98 Å². The summed E-state index contributed by atoms with van der Waals surface area (Å²) in [7, 11) is 0. The Morgan fingerprint density at radius 1 is 1.10 bits per heavy atom. The quantitative estimate of drug-likeness (QED) is 0.797. The van der Waals surface area contributed by atoms with Crippen LogP contribution in [-0.4, -0.2) is 22.6 Å². The van der Waals surface area contributed by atoms with Crippen molar-refractivity contribution in [3.8, 4) is 0 Å². The Bertz CT molecular complexity index is 582. The van der Waals surface area contributed by atoms with Gasteiger partial charge in [0.25, 0.3) is 0 Å². The van der Waals surface area contributed by atoms with Crippen molar-refractivity contribution in [2.24, 2.45) is 5.92 Å². The van der Waals surface area contributed by atoms with E-state index >= 15 is 0 Å². The van der Waals surface area contributed by atoms with Gasteiger partial charge in [0.15, 0.2) is 0 Å². The van der Waals surface area contributed by atoms with Gasteiger partial charge in [0.1, 0.15) is 5.82 Å². The average molecular weight is 286 g/mol. The van der Waals surface area contributed by atoms with Crippen molar-refractivity contribution < 1.29 is 0 Å². The first kappa shape index (κ1) is 15.5. The largest absolute Gasteiger partial charge is 0.367 e. The standard InChI is InChI=1S/C17H26N4/c1-5-11-18-17-20-15-10-8-7-9-14(15)16(21-17)19-13(4)12(3)6-2/h7-10,12-13H,5-6,11H2,1-4H3,(H2,18,19,20,21). The van der Waals surface area contributed by atoms with Crippen molar-refractivity contribution in [2.75, 3.05) is 17.2 Å². The Morgan fingerprint density at radius 3 is 2.57 bits per heavy atom. The summed E-state index contributed by atoms with van der Waals surface area (Å²) in [6, 6.07) is 8.54. The maximum absolute atomic E-state index is 4.66. The second kappa shape index (κ2) is 7.25. The zero-order valence-electron chi connectivity index (χ0n) is 13.5. The molecule has 0 aliphatic heterocycles. The normalized spacial score (nSPS) is 13.9. The van der Waals surface area contributed by atoms with Crippen LogP contribution in [0, 0.1) is 5.92 Å². The highest BCUT2D eigenvalue weighted by molar-refractivity contribution is 5.90. The van der Waals surface area contributed by atoms with Gasteiger partial charge in [-0.15, -0.1) is 0 Å². The molecule has 2 N–H and O–H groups in total. The lowest BCUT2D eigenvalue weighted by molar-refractivity contribution is 0.494.